The lowest BCUT2D eigenvalue weighted by Crippen LogP contribution is -2.47. The van der Waals surface area contributed by atoms with Crippen molar-refractivity contribution in [2.24, 2.45) is 5.73 Å². The molecule has 1 spiro atoms. The summed E-state index contributed by atoms with van der Waals surface area (Å²) in [5.74, 6) is -2.28. The fourth-order valence-corrected chi connectivity index (χ4v) is 3.63. The van der Waals surface area contributed by atoms with Crippen molar-refractivity contribution in [2.45, 2.75) is 12.3 Å². The highest BCUT2D eigenvalue weighted by molar-refractivity contribution is 6.13. The van der Waals surface area contributed by atoms with Gasteiger partial charge in [0.15, 0.2) is 5.41 Å². The largest absolute Gasteiger partial charge is 0.468 e. The second kappa shape index (κ2) is 6.74. The highest BCUT2D eigenvalue weighted by atomic mass is 16.5. The van der Waals surface area contributed by atoms with Crippen LogP contribution < -0.4 is 10.5 Å². The predicted molar refractivity (Wildman–Crippen MR) is 94.0 cm³/mol. The quantitative estimate of drug-likeness (QED) is 0.745. The summed E-state index contributed by atoms with van der Waals surface area (Å²) in [5.41, 5.74) is 4.15. The Morgan fingerprint density at radius 3 is 2.57 bits per heavy atom. The second-order valence-corrected chi connectivity index (χ2v) is 6.12. The number of esters is 2. The maximum atomic E-state index is 13.6. The van der Waals surface area contributed by atoms with Gasteiger partial charge in [-0.25, -0.2) is 4.79 Å². The Bertz CT molecular complexity index is 1000. The first-order chi connectivity index (χ1) is 13.3. The number of rotatable bonds is 3. The van der Waals surface area contributed by atoms with Gasteiger partial charge >= 0.3 is 11.9 Å². The topological polar surface area (TPSA) is 132 Å². The van der Waals surface area contributed by atoms with Crippen LogP contribution in [0.15, 0.2) is 47.0 Å². The molecule has 3 rings (SSSR count). The number of nitriles is 1. The SMILES string of the molecule is COC(=O)CN1C(=O)[C@]2(C(C#N)=C(N)Oc3ccccc32)C(C(=O)OC)=C1C. The van der Waals surface area contributed by atoms with E-state index in [4.69, 9.17) is 15.2 Å². The lowest BCUT2D eigenvalue weighted by Gasteiger charge is -2.35. The van der Waals surface area contributed by atoms with Crippen molar-refractivity contribution in [1.82, 2.24) is 4.90 Å². The molecule has 2 aliphatic heterocycles. The number of hydrogen-bond acceptors (Lipinski definition) is 8. The van der Waals surface area contributed by atoms with Gasteiger partial charge in [0.1, 0.15) is 23.9 Å². The molecular formula is C19H17N3O6. The monoisotopic (exact) mass is 383 g/mol. The smallest absolute Gasteiger partial charge is 0.337 e. The maximum absolute atomic E-state index is 13.6. The highest BCUT2D eigenvalue weighted by Gasteiger charge is 2.62. The van der Waals surface area contributed by atoms with Crippen molar-refractivity contribution in [2.75, 3.05) is 20.8 Å². The van der Waals surface area contributed by atoms with Crippen molar-refractivity contribution in [3.8, 4) is 11.8 Å². The predicted octanol–water partition coefficient (Wildman–Crippen LogP) is 0.473. The van der Waals surface area contributed by atoms with Crippen LogP contribution in [0.5, 0.6) is 5.75 Å². The number of nitrogens with two attached hydrogens (primary N) is 1. The van der Waals surface area contributed by atoms with E-state index in [1.165, 1.54) is 14.0 Å². The molecule has 0 unspecified atom stereocenters. The summed E-state index contributed by atoms with van der Waals surface area (Å²) in [5, 5.41) is 9.80. The third-order valence-electron chi connectivity index (χ3n) is 4.86. The lowest BCUT2D eigenvalue weighted by molar-refractivity contribution is -0.146. The number of carbonyl (C=O) groups excluding carboxylic acids is 3. The average Bonchev–Trinajstić information content (AvgIpc) is 2.90. The summed E-state index contributed by atoms with van der Waals surface area (Å²) in [6, 6.07) is 8.34. The molecule has 28 heavy (non-hydrogen) atoms. The molecule has 0 fully saturated rings. The van der Waals surface area contributed by atoms with E-state index in [2.05, 4.69) is 4.74 Å². The van der Waals surface area contributed by atoms with Gasteiger partial charge in [-0.15, -0.1) is 0 Å². The number of ether oxygens (including phenoxy) is 3. The van der Waals surface area contributed by atoms with Crippen molar-refractivity contribution in [3.05, 3.63) is 52.6 Å². The number of allylic oxidation sites excluding steroid dienone is 1. The third-order valence-corrected chi connectivity index (χ3v) is 4.86. The number of para-hydroxylation sites is 1. The molecule has 1 aromatic carbocycles. The zero-order chi connectivity index (χ0) is 20.6. The van der Waals surface area contributed by atoms with E-state index in [-0.39, 0.29) is 34.0 Å². The number of methoxy groups -OCH3 is 2. The Morgan fingerprint density at radius 1 is 1.29 bits per heavy atom. The Morgan fingerprint density at radius 2 is 1.96 bits per heavy atom. The van der Waals surface area contributed by atoms with E-state index in [1.54, 1.807) is 24.3 Å². The summed E-state index contributed by atoms with van der Waals surface area (Å²) >= 11 is 0. The maximum Gasteiger partial charge on any atom is 0.337 e. The molecule has 1 atom stereocenters. The zero-order valence-corrected chi connectivity index (χ0v) is 15.4. The summed E-state index contributed by atoms with van der Waals surface area (Å²) in [6.45, 7) is 1.05. The van der Waals surface area contributed by atoms with Crippen molar-refractivity contribution >= 4 is 17.8 Å². The number of amides is 1. The van der Waals surface area contributed by atoms with Crippen LogP contribution in [0.2, 0.25) is 0 Å². The summed E-state index contributed by atoms with van der Waals surface area (Å²) in [4.78, 5) is 39.3. The van der Waals surface area contributed by atoms with Gasteiger partial charge in [-0.1, -0.05) is 18.2 Å². The number of fused-ring (bicyclic) bond motifs is 2. The number of benzene rings is 1. The highest BCUT2D eigenvalue weighted by Crippen LogP contribution is 2.53. The van der Waals surface area contributed by atoms with Gasteiger partial charge in [-0.2, -0.15) is 5.26 Å². The number of nitrogens with zero attached hydrogens (tertiary/aromatic N) is 2. The number of hydrogen-bond donors (Lipinski definition) is 1. The fraction of sp³-hybridized carbons (Fsp3) is 0.263. The van der Waals surface area contributed by atoms with Gasteiger partial charge in [0, 0.05) is 11.3 Å². The van der Waals surface area contributed by atoms with Crippen LogP contribution in [0, 0.1) is 11.3 Å². The minimum Gasteiger partial charge on any atom is -0.468 e. The Labute approximate surface area is 160 Å². The van der Waals surface area contributed by atoms with Crippen LogP contribution in [0.25, 0.3) is 0 Å². The van der Waals surface area contributed by atoms with Gasteiger partial charge < -0.3 is 24.8 Å². The van der Waals surface area contributed by atoms with Gasteiger partial charge in [0.25, 0.3) is 0 Å². The lowest BCUT2D eigenvalue weighted by atomic mass is 9.68. The van der Waals surface area contributed by atoms with Gasteiger partial charge in [-0.05, 0) is 13.0 Å². The van der Waals surface area contributed by atoms with Crippen LogP contribution in [0.1, 0.15) is 12.5 Å². The van der Waals surface area contributed by atoms with Crippen LogP contribution >= 0.6 is 0 Å². The fourth-order valence-electron chi connectivity index (χ4n) is 3.63. The minimum absolute atomic E-state index is 0.0980. The van der Waals surface area contributed by atoms with Crippen LogP contribution in [-0.4, -0.2) is 43.5 Å². The standard InChI is InChI=1S/C19H17N3O6/c1-10-15(17(24)27-3)19(18(25)22(10)9-14(23)26-2)11-6-4-5-7-13(11)28-16(21)12(19)8-20/h4-7H,9,21H2,1-3H3/t19-/m1/s1. The van der Waals surface area contributed by atoms with Crippen LogP contribution in [0.3, 0.4) is 0 Å². The summed E-state index contributed by atoms with van der Waals surface area (Å²) in [7, 11) is 2.34. The van der Waals surface area contributed by atoms with E-state index in [9.17, 15) is 19.6 Å². The molecule has 2 aliphatic rings. The molecular weight excluding hydrogens is 366 g/mol. The van der Waals surface area contributed by atoms with E-state index in [0.717, 1.165) is 12.0 Å². The molecule has 0 bridgehead atoms. The molecule has 144 valence electrons. The zero-order valence-electron chi connectivity index (χ0n) is 15.4. The van der Waals surface area contributed by atoms with Gasteiger partial charge in [0.2, 0.25) is 11.8 Å². The van der Waals surface area contributed by atoms with Crippen LogP contribution in [0.4, 0.5) is 0 Å². The molecule has 0 aromatic heterocycles. The molecule has 9 nitrogen and oxygen atoms in total. The Balaban J connectivity index is 2.39. The molecule has 1 aromatic rings. The van der Waals surface area contributed by atoms with Gasteiger partial charge in [-0.3, -0.25) is 9.59 Å². The van der Waals surface area contributed by atoms with E-state index in [0.29, 0.717) is 0 Å². The molecule has 0 saturated carbocycles. The van der Waals surface area contributed by atoms with E-state index < -0.39 is 29.8 Å². The third kappa shape index (κ3) is 2.35. The second-order valence-electron chi connectivity index (χ2n) is 6.12. The van der Waals surface area contributed by atoms with Crippen molar-refractivity contribution in [1.29, 1.82) is 5.26 Å². The van der Waals surface area contributed by atoms with Crippen LogP contribution in [-0.2, 0) is 29.3 Å². The summed E-state index contributed by atoms with van der Waals surface area (Å²) < 4.78 is 15.1. The molecule has 2 heterocycles. The molecule has 0 radical (unpaired) electrons. The summed E-state index contributed by atoms with van der Waals surface area (Å²) in [6.07, 6.45) is 0. The first-order valence-electron chi connectivity index (χ1n) is 8.20. The first kappa shape index (κ1) is 19.0. The van der Waals surface area contributed by atoms with E-state index >= 15 is 0 Å². The van der Waals surface area contributed by atoms with Gasteiger partial charge in [0.05, 0.1) is 19.8 Å². The molecule has 9 heteroatoms. The normalized spacial score (nSPS) is 20.6. The Hall–Kier alpha value is -3.80. The van der Waals surface area contributed by atoms with Crippen molar-refractivity contribution in [3.63, 3.8) is 0 Å². The van der Waals surface area contributed by atoms with E-state index in [1.807, 2.05) is 6.07 Å². The molecule has 0 saturated heterocycles. The Kier molecular flexibility index (Phi) is 4.56. The minimum atomic E-state index is -1.88. The molecule has 2 N–H and O–H groups in total. The first-order valence-corrected chi connectivity index (χ1v) is 8.20. The molecule has 1 amide bonds. The number of carbonyl (C=O) groups is 3. The van der Waals surface area contributed by atoms with Crippen molar-refractivity contribution < 1.29 is 28.6 Å². The average molecular weight is 383 g/mol. The molecule has 0 aliphatic carbocycles.